The Hall–Kier alpha value is -4.09. The van der Waals surface area contributed by atoms with E-state index in [2.05, 4.69) is 10.5 Å². The topological polar surface area (TPSA) is 114 Å². The predicted octanol–water partition coefficient (Wildman–Crippen LogP) is 4.80. The summed E-state index contributed by atoms with van der Waals surface area (Å²) < 4.78 is 15.9. The lowest BCUT2D eigenvalue weighted by atomic mass is 10.1. The second-order valence-electron chi connectivity index (χ2n) is 6.46. The van der Waals surface area contributed by atoms with Gasteiger partial charge in [0.05, 0.1) is 17.2 Å². The fraction of sp³-hybridized carbons (Fsp3) is 0.130. The minimum Gasteiger partial charge on any atom is -0.490 e. The molecule has 2 aromatic carbocycles. The van der Waals surface area contributed by atoms with Crippen molar-refractivity contribution in [3.63, 3.8) is 0 Å². The molecular formula is C23H18ClN3O5. The first kappa shape index (κ1) is 22.6. The van der Waals surface area contributed by atoms with E-state index in [1.165, 1.54) is 18.2 Å². The molecule has 0 fully saturated rings. The Morgan fingerprint density at radius 1 is 1.22 bits per heavy atom. The van der Waals surface area contributed by atoms with Gasteiger partial charge in [-0.1, -0.05) is 35.0 Å². The number of nitrogens with zero attached hydrogens (tertiary/aromatic N) is 2. The molecule has 32 heavy (non-hydrogen) atoms. The van der Waals surface area contributed by atoms with E-state index in [0.29, 0.717) is 17.9 Å². The third-order valence-corrected chi connectivity index (χ3v) is 4.44. The zero-order chi connectivity index (χ0) is 23.1. The summed E-state index contributed by atoms with van der Waals surface area (Å²) >= 11 is 6.06. The molecule has 1 aromatic heterocycles. The number of hydrogen-bond acceptors (Lipinski definition) is 7. The number of amides is 1. The van der Waals surface area contributed by atoms with Crippen molar-refractivity contribution >= 4 is 35.4 Å². The highest BCUT2D eigenvalue weighted by molar-refractivity contribution is 6.33. The van der Waals surface area contributed by atoms with E-state index < -0.39 is 11.9 Å². The quantitative estimate of drug-likeness (QED) is 0.237. The van der Waals surface area contributed by atoms with Crippen LogP contribution in [0.1, 0.15) is 28.6 Å². The molecule has 1 amide bonds. The van der Waals surface area contributed by atoms with E-state index in [-0.39, 0.29) is 33.5 Å². The van der Waals surface area contributed by atoms with Crippen LogP contribution in [0.5, 0.6) is 11.5 Å². The summed E-state index contributed by atoms with van der Waals surface area (Å²) in [5, 5.41) is 15.8. The van der Waals surface area contributed by atoms with E-state index in [4.69, 9.17) is 25.6 Å². The molecule has 0 bridgehead atoms. The fourth-order valence-electron chi connectivity index (χ4n) is 2.67. The Bertz CT molecular complexity index is 1230. The highest BCUT2D eigenvalue weighted by Crippen LogP contribution is 2.31. The SMILES string of the molecule is CCOc1cc(/C=C(/C#N)C(=O)Nc2cc(C)on2)ccc1OC(=O)c1ccccc1Cl. The van der Waals surface area contributed by atoms with Crippen molar-refractivity contribution < 1.29 is 23.6 Å². The van der Waals surface area contributed by atoms with E-state index in [0.717, 1.165) is 0 Å². The zero-order valence-corrected chi connectivity index (χ0v) is 18.0. The van der Waals surface area contributed by atoms with E-state index in [1.807, 2.05) is 6.07 Å². The Morgan fingerprint density at radius 2 is 2.00 bits per heavy atom. The molecule has 1 N–H and O–H groups in total. The standard InChI is InChI=1S/C23H18ClN3O5/c1-3-30-20-12-15(11-16(13-25)22(28)26-21-10-14(2)32-27-21)8-9-19(20)31-23(29)17-6-4-5-7-18(17)24/h4-12H,3H2,1-2H3,(H,26,27,28)/b16-11-. The Labute approximate surface area is 189 Å². The number of nitriles is 1. The van der Waals surface area contributed by atoms with Gasteiger partial charge in [-0.15, -0.1) is 0 Å². The van der Waals surface area contributed by atoms with Crippen molar-refractivity contribution in [1.29, 1.82) is 5.26 Å². The van der Waals surface area contributed by atoms with Crippen LogP contribution in [-0.4, -0.2) is 23.6 Å². The van der Waals surface area contributed by atoms with Crippen molar-refractivity contribution in [2.24, 2.45) is 0 Å². The lowest BCUT2D eigenvalue weighted by Gasteiger charge is -2.12. The molecule has 0 radical (unpaired) electrons. The number of rotatable bonds is 7. The van der Waals surface area contributed by atoms with Gasteiger partial charge in [0.15, 0.2) is 17.3 Å². The van der Waals surface area contributed by atoms with Gasteiger partial charge in [0, 0.05) is 6.07 Å². The van der Waals surface area contributed by atoms with Crippen molar-refractivity contribution in [1.82, 2.24) is 5.16 Å². The van der Waals surface area contributed by atoms with Gasteiger partial charge >= 0.3 is 5.97 Å². The number of benzene rings is 2. The summed E-state index contributed by atoms with van der Waals surface area (Å²) in [6.45, 7) is 3.76. The molecule has 1 heterocycles. The van der Waals surface area contributed by atoms with Crippen LogP contribution in [0.2, 0.25) is 5.02 Å². The van der Waals surface area contributed by atoms with Crippen LogP contribution in [0, 0.1) is 18.3 Å². The first-order valence-corrected chi connectivity index (χ1v) is 9.89. The summed E-state index contributed by atoms with van der Waals surface area (Å²) in [7, 11) is 0. The van der Waals surface area contributed by atoms with E-state index in [9.17, 15) is 14.9 Å². The Kier molecular flexibility index (Phi) is 7.26. The fourth-order valence-corrected chi connectivity index (χ4v) is 2.89. The third kappa shape index (κ3) is 5.53. The maximum Gasteiger partial charge on any atom is 0.345 e. The van der Waals surface area contributed by atoms with Crippen molar-refractivity contribution in [2.75, 3.05) is 11.9 Å². The molecule has 0 aliphatic heterocycles. The molecule has 0 aliphatic rings. The third-order valence-electron chi connectivity index (χ3n) is 4.11. The van der Waals surface area contributed by atoms with Crippen molar-refractivity contribution in [2.45, 2.75) is 13.8 Å². The van der Waals surface area contributed by atoms with Gasteiger partial charge in [-0.25, -0.2) is 4.79 Å². The Balaban J connectivity index is 1.84. The van der Waals surface area contributed by atoms with Gasteiger partial charge in [0.25, 0.3) is 5.91 Å². The van der Waals surface area contributed by atoms with Crippen molar-refractivity contribution in [3.05, 3.63) is 76.0 Å². The van der Waals surface area contributed by atoms with Gasteiger partial charge in [-0.05, 0) is 49.8 Å². The molecule has 0 saturated carbocycles. The van der Waals surface area contributed by atoms with Crippen LogP contribution >= 0.6 is 11.6 Å². The molecule has 3 aromatic rings. The van der Waals surface area contributed by atoms with Crippen LogP contribution in [0.15, 0.2) is 58.6 Å². The summed E-state index contributed by atoms with van der Waals surface area (Å²) in [4.78, 5) is 24.9. The molecule has 3 rings (SSSR count). The number of anilines is 1. The summed E-state index contributed by atoms with van der Waals surface area (Å²) in [6, 6.07) is 14.6. The molecule has 0 saturated heterocycles. The lowest BCUT2D eigenvalue weighted by Crippen LogP contribution is -2.13. The average Bonchev–Trinajstić information content (AvgIpc) is 3.18. The van der Waals surface area contributed by atoms with Crippen LogP contribution in [0.4, 0.5) is 5.82 Å². The predicted molar refractivity (Wildman–Crippen MR) is 117 cm³/mol. The van der Waals surface area contributed by atoms with Gasteiger partial charge in [0.1, 0.15) is 17.4 Å². The molecule has 0 unspecified atom stereocenters. The monoisotopic (exact) mass is 451 g/mol. The first-order chi connectivity index (χ1) is 15.4. The minimum absolute atomic E-state index is 0.158. The second-order valence-corrected chi connectivity index (χ2v) is 6.86. The Morgan fingerprint density at radius 3 is 2.66 bits per heavy atom. The molecule has 9 heteroatoms. The second kappa shape index (κ2) is 10.3. The smallest absolute Gasteiger partial charge is 0.345 e. The highest BCUT2D eigenvalue weighted by Gasteiger charge is 2.17. The van der Waals surface area contributed by atoms with Gasteiger partial charge in [-0.3, -0.25) is 4.79 Å². The summed E-state index contributed by atoms with van der Waals surface area (Å²) in [5.74, 6) is -0.120. The van der Waals surface area contributed by atoms with Crippen LogP contribution in [0.25, 0.3) is 6.08 Å². The van der Waals surface area contributed by atoms with E-state index in [1.54, 1.807) is 50.2 Å². The van der Waals surface area contributed by atoms with Crippen LogP contribution < -0.4 is 14.8 Å². The van der Waals surface area contributed by atoms with Crippen LogP contribution in [-0.2, 0) is 4.79 Å². The number of aryl methyl sites for hydroxylation is 1. The number of aromatic nitrogens is 1. The molecule has 0 atom stereocenters. The molecule has 162 valence electrons. The summed E-state index contributed by atoms with van der Waals surface area (Å²) in [5.41, 5.74) is 0.551. The van der Waals surface area contributed by atoms with Gasteiger partial charge < -0.3 is 19.3 Å². The number of nitrogens with one attached hydrogen (secondary N) is 1. The largest absolute Gasteiger partial charge is 0.490 e. The number of hydrogen-bond donors (Lipinski definition) is 1. The molecule has 0 aliphatic carbocycles. The number of ether oxygens (including phenoxy) is 2. The molecule has 0 spiro atoms. The first-order valence-electron chi connectivity index (χ1n) is 9.51. The average molecular weight is 452 g/mol. The lowest BCUT2D eigenvalue weighted by molar-refractivity contribution is -0.112. The molecular weight excluding hydrogens is 434 g/mol. The number of carbonyl (C=O) groups excluding carboxylic acids is 2. The zero-order valence-electron chi connectivity index (χ0n) is 17.2. The van der Waals surface area contributed by atoms with E-state index >= 15 is 0 Å². The number of carbonyl (C=O) groups is 2. The van der Waals surface area contributed by atoms with Gasteiger partial charge in [-0.2, -0.15) is 5.26 Å². The highest BCUT2D eigenvalue weighted by atomic mass is 35.5. The van der Waals surface area contributed by atoms with Crippen LogP contribution in [0.3, 0.4) is 0 Å². The normalized spacial score (nSPS) is 10.9. The minimum atomic E-state index is -0.645. The maximum atomic E-state index is 12.5. The van der Waals surface area contributed by atoms with Crippen molar-refractivity contribution in [3.8, 4) is 17.6 Å². The number of halogens is 1. The molecule has 8 nitrogen and oxygen atoms in total. The summed E-state index contributed by atoms with van der Waals surface area (Å²) in [6.07, 6.45) is 1.38. The maximum absolute atomic E-state index is 12.5. The van der Waals surface area contributed by atoms with Gasteiger partial charge in [0.2, 0.25) is 0 Å². The number of esters is 1.